The molecule has 0 amide bonds. The van der Waals surface area contributed by atoms with Crippen molar-refractivity contribution < 1.29 is 27.5 Å². The molecule has 0 rings (SSSR count). The molecule has 84 valence electrons. The van der Waals surface area contributed by atoms with Crippen molar-refractivity contribution in [3.8, 4) is 0 Å². The number of rotatable bonds is 7. The Balaban J connectivity index is 4.08. The first-order valence-electron chi connectivity index (χ1n) is 4.17. The van der Waals surface area contributed by atoms with E-state index in [0.29, 0.717) is 0 Å². The Morgan fingerprint density at radius 2 is 1.79 bits per heavy atom. The summed E-state index contributed by atoms with van der Waals surface area (Å²) in [5, 5.41) is 0. The fourth-order valence-electron chi connectivity index (χ4n) is 0.695. The van der Waals surface area contributed by atoms with E-state index in [4.69, 9.17) is 9.05 Å². The number of carbonyl (C=O) groups is 1. The van der Waals surface area contributed by atoms with Gasteiger partial charge in [-0.1, -0.05) is 0 Å². The standard InChI is InChI=1S/C7H14FO5P/c1-3-12-14(10,13-4-2)6-11-7(9)5-8/h3-6H2,1-2H3. The van der Waals surface area contributed by atoms with Crippen molar-refractivity contribution in [3.05, 3.63) is 0 Å². The van der Waals surface area contributed by atoms with Crippen LogP contribution in [0.25, 0.3) is 0 Å². The highest BCUT2D eigenvalue weighted by Crippen LogP contribution is 2.47. The third-order valence-electron chi connectivity index (χ3n) is 1.14. The largest absolute Gasteiger partial charge is 0.451 e. The van der Waals surface area contributed by atoms with Crippen molar-refractivity contribution in [3.63, 3.8) is 0 Å². The third-order valence-corrected chi connectivity index (χ3v) is 2.89. The van der Waals surface area contributed by atoms with Crippen molar-refractivity contribution in [2.45, 2.75) is 13.8 Å². The number of esters is 1. The summed E-state index contributed by atoms with van der Waals surface area (Å²) >= 11 is 0. The van der Waals surface area contributed by atoms with Crippen LogP contribution in [-0.2, 0) is 23.1 Å². The summed E-state index contributed by atoms with van der Waals surface area (Å²) in [4.78, 5) is 10.4. The van der Waals surface area contributed by atoms with Crippen LogP contribution >= 0.6 is 7.60 Å². The van der Waals surface area contributed by atoms with Gasteiger partial charge in [0.15, 0.2) is 13.0 Å². The third kappa shape index (κ3) is 5.32. The summed E-state index contributed by atoms with van der Waals surface area (Å²) in [6.45, 7) is 2.35. The fraction of sp³-hybridized carbons (Fsp3) is 0.857. The monoisotopic (exact) mass is 228 g/mol. The van der Waals surface area contributed by atoms with Crippen molar-refractivity contribution in [2.24, 2.45) is 0 Å². The molecule has 0 N–H and O–H groups in total. The number of alkyl halides is 1. The molecule has 7 heteroatoms. The highest BCUT2D eigenvalue weighted by molar-refractivity contribution is 7.53. The Kier molecular flexibility index (Phi) is 6.70. The van der Waals surface area contributed by atoms with Gasteiger partial charge >= 0.3 is 13.6 Å². The number of ether oxygens (including phenoxy) is 1. The van der Waals surface area contributed by atoms with Crippen LogP contribution in [-0.4, -0.2) is 32.2 Å². The van der Waals surface area contributed by atoms with E-state index in [2.05, 4.69) is 4.74 Å². The molecule has 0 fully saturated rings. The van der Waals surface area contributed by atoms with Gasteiger partial charge in [0.2, 0.25) is 0 Å². The Labute approximate surface area is 82.1 Å². The molecule has 5 nitrogen and oxygen atoms in total. The van der Waals surface area contributed by atoms with Crippen LogP contribution in [0.5, 0.6) is 0 Å². The summed E-state index contributed by atoms with van der Waals surface area (Å²) in [7, 11) is -3.40. The van der Waals surface area contributed by atoms with E-state index in [9.17, 15) is 13.8 Å². The maximum absolute atomic E-state index is 11.7. The Hall–Kier alpha value is -0.450. The number of hydrogen-bond donors (Lipinski definition) is 0. The summed E-state index contributed by atoms with van der Waals surface area (Å²) in [5.41, 5.74) is 0. The van der Waals surface area contributed by atoms with Gasteiger partial charge in [-0.15, -0.1) is 0 Å². The second-order valence-corrected chi connectivity index (χ2v) is 4.22. The van der Waals surface area contributed by atoms with Gasteiger partial charge < -0.3 is 13.8 Å². The van der Waals surface area contributed by atoms with Crippen LogP contribution in [0.1, 0.15) is 13.8 Å². The van der Waals surface area contributed by atoms with Crippen molar-refractivity contribution in [1.29, 1.82) is 0 Å². The zero-order valence-electron chi connectivity index (χ0n) is 8.19. The summed E-state index contributed by atoms with van der Waals surface area (Å²) in [6, 6.07) is 0. The SMILES string of the molecule is CCOP(=O)(COC(=O)CF)OCC. The fourth-order valence-corrected chi connectivity index (χ4v) is 2.01. The van der Waals surface area contributed by atoms with Gasteiger partial charge in [0.25, 0.3) is 0 Å². The molecule has 0 aromatic rings. The molecule has 0 unspecified atom stereocenters. The molecule has 0 aliphatic heterocycles. The lowest BCUT2D eigenvalue weighted by Crippen LogP contribution is -2.10. The highest BCUT2D eigenvalue weighted by atomic mass is 31.2. The molecule has 0 aromatic heterocycles. The van der Waals surface area contributed by atoms with E-state index >= 15 is 0 Å². The lowest BCUT2D eigenvalue weighted by atomic mass is 10.8. The molecule has 0 bridgehead atoms. The summed E-state index contributed by atoms with van der Waals surface area (Å²) < 4.78 is 37.2. The molecule has 0 saturated carbocycles. The second-order valence-electron chi connectivity index (χ2n) is 2.23. The zero-order chi connectivity index (χ0) is 11.0. The van der Waals surface area contributed by atoms with Gasteiger partial charge in [-0.05, 0) is 13.8 Å². The van der Waals surface area contributed by atoms with Crippen LogP contribution in [0.3, 0.4) is 0 Å². The van der Waals surface area contributed by atoms with Gasteiger partial charge in [0, 0.05) is 0 Å². The highest BCUT2D eigenvalue weighted by Gasteiger charge is 2.25. The van der Waals surface area contributed by atoms with Crippen LogP contribution in [0, 0.1) is 0 Å². The van der Waals surface area contributed by atoms with E-state index in [1.54, 1.807) is 13.8 Å². The van der Waals surface area contributed by atoms with E-state index in [1.165, 1.54) is 0 Å². The Morgan fingerprint density at radius 1 is 1.29 bits per heavy atom. The second kappa shape index (κ2) is 6.92. The van der Waals surface area contributed by atoms with Crippen LogP contribution in [0.15, 0.2) is 0 Å². The maximum Gasteiger partial charge on any atom is 0.367 e. The molecule has 0 aliphatic rings. The number of carbonyl (C=O) groups excluding carboxylic acids is 1. The zero-order valence-corrected chi connectivity index (χ0v) is 9.09. The van der Waals surface area contributed by atoms with Gasteiger partial charge in [0.1, 0.15) is 0 Å². The smallest absolute Gasteiger partial charge is 0.367 e. The minimum absolute atomic E-state index is 0.171. The van der Waals surface area contributed by atoms with Crippen LogP contribution in [0.4, 0.5) is 4.39 Å². The van der Waals surface area contributed by atoms with Crippen LogP contribution in [0.2, 0.25) is 0 Å². The van der Waals surface area contributed by atoms with Crippen molar-refractivity contribution in [2.75, 3.05) is 26.2 Å². The average molecular weight is 228 g/mol. The predicted molar refractivity (Wildman–Crippen MR) is 47.8 cm³/mol. The molecular formula is C7H14FO5P. The Bertz CT molecular complexity index is 210. The molecule has 0 aromatic carbocycles. The molecule has 0 radical (unpaired) electrons. The first-order chi connectivity index (χ1) is 6.58. The molecular weight excluding hydrogens is 214 g/mol. The van der Waals surface area contributed by atoms with Crippen molar-refractivity contribution >= 4 is 13.6 Å². The maximum atomic E-state index is 11.7. The summed E-state index contributed by atoms with van der Waals surface area (Å²) in [6.07, 6.45) is -0.544. The lowest BCUT2D eigenvalue weighted by Gasteiger charge is -2.15. The first-order valence-corrected chi connectivity index (χ1v) is 5.90. The first kappa shape index (κ1) is 13.5. The quantitative estimate of drug-likeness (QED) is 0.490. The molecule has 0 heterocycles. The van der Waals surface area contributed by atoms with Gasteiger partial charge in [-0.25, -0.2) is 9.18 Å². The molecule has 14 heavy (non-hydrogen) atoms. The van der Waals surface area contributed by atoms with E-state index in [1.807, 2.05) is 0 Å². The van der Waals surface area contributed by atoms with E-state index in [-0.39, 0.29) is 13.2 Å². The van der Waals surface area contributed by atoms with Gasteiger partial charge in [-0.2, -0.15) is 0 Å². The average Bonchev–Trinajstić information content (AvgIpc) is 2.15. The van der Waals surface area contributed by atoms with E-state index < -0.39 is 26.6 Å². The minimum Gasteiger partial charge on any atom is -0.451 e. The van der Waals surface area contributed by atoms with Gasteiger partial charge in [-0.3, -0.25) is 4.57 Å². The minimum atomic E-state index is -3.40. The van der Waals surface area contributed by atoms with E-state index in [0.717, 1.165) is 0 Å². The topological polar surface area (TPSA) is 61.8 Å². The molecule has 0 saturated heterocycles. The van der Waals surface area contributed by atoms with Gasteiger partial charge in [0.05, 0.1) is 13.2 Å². The summed E-state index contributed by atoms with van der Waals surface area (Å²) in [5.74, 6) is -1.08. The Morgan fingerprint density at radius 3 is 2.14 bits per heavy atom. The number of halogens is 1. The molecule has 0 aliphatic carbocycles. The lowest BCUT2D eigenvalue weighted by molar-refractivity contribution is -0.143. The molecule has 0 atom stereocenters. The normalized spacial score (nSPS) is 11.4. The van der Waals surface area contributed by atoms with Crippen LogP contribution < -0.4 is 0 Å². The predicted octanol–water partition coefficient (Wildman–Crippen LogP) is 1.72. The number of hydrogen-bond acceptors (Lipinski definition) is 5. The molecule has 0 spiro atoms. The van der Waals surface area contributed by atoms with Crippen molar-refractivity contribution in [1.82, 2.24) is 0 Å².